The predicted octanol–water partition coefficient (Wildman–Crippen LogP) is 5.19. The molecule has 0 unspecified atom stereocenters. The second-order valence-electron chi connectivity index (χ2n) is 3.54. The molecule has 1 aromatic carbocycles. The summed E-state index contributed by atoms with van der Waals surface area (Å²) >= 11 is 8.70. The molecule has 0 radical (unpaired) electrons. The zero-order valence-corrected chi connectivity index (χ0v) is 12.7. The Morgan fingerprint density at radius 1 is 1.19 bits per heavy atom. The van der Waals surface area contributed by atoms with Crippen LogP contribution in [0.1, 0.15) is 10.4 Å². The van der Waals surface area contributed by atoms with Gasteiger partial charge in [-0.25, -0.2) is 0 Å². The Morgan fingerprint density at radius 2 is 2.00 bits per heavy atom. The quantitative estimate of drug-likeness (QED) is 0.793. The molecule has 0 aliphatic carbocycles. The van der Waals surface area contributed by atoms with E-state index in [0.717, 1.165) is 15.5 Å². The summed E-state index contributed by atoms with van der Waals surface area (Å²) < 4.78 is 2.26. The summed E-state index contributed by atoms with van der Waals surface area (Å²) in [5, 5.41) is 5.54. The number of rotatable bonds is 3. The van der Waals surface area contributed by atoms with Crippen molar-refractivity contribution in [2.45, 2.75) is 13.5 Å². The van der Waals surface area contributed by atoms with Gasteiger partial charge in [-0.3, -0.25) is 0 Å². The van der Waals surface area contributed by atoms with E-state index in [-0.39, 0.29) is 0 Å². The third-order valence-electron chi connectivity index (χ3n) is 2.27. The van der Waals surface area contributed by atoms with E-state index >= 15 is 0 Å². The van der Waals surface area contributed by atoms with Crippen molar-refractivity contribution in [3.63, 3.8) is 0 Å². The Hall–Kier alpha value is -0.320. The number of hydrogen-bond acceptors (Lipinski definition) is 2. The van der Waals surface area contributed by atoms with Gasteiger partial charge >= 0.3 is 0 Å². The number of anilines is 1. The summed E-state index contributed by atoms with van der Waals surface area (Å²) in [7, 11) is 0. The van der Waals surface area contributed by atoms with Gasteiger partial charge in [0.15, 0.2) is 0 Å². The van der Waals surface area contributed by atoms with Gasteiger partial charge in [-0.2, -0.15) is 0 Å². The van der Waals surface area contributed by atoms with E-state index in [1.54, 1.807) is 11.3 Å². The Morgan fingerprint density at radius 3 is 2.69 bits per heavy atom. The van der Waals surface area contributed by atoms with Gasteiger partial charge in [0.25, 0.3) is 0 Å². The highest BCUT2D eigenvalue weighted by Gasteiger charge is 2.01. The van der Waals surface area contributed by atoms with Crippen LogP contribution in [-0.4, -0.2) is 0 Å². The van der Waals surface area contributed by atoms with Gasteiger partial charge in [-0.1, -0.05) is 22.0 Å². The van der Waals surface area contributed by atoms with Crippen LogP contribution in [0.2, 0.25) is 0 Å². The number of hydrogen-bond donors (Lipinski definition) is 1. The largest absolute Gasteiger partial charge is 0.380 e. The van der Waals surface area contributed by atoms with Gasteiger partial charge in [0.2, 0.25) is 0 Å². The molecule has 4 heteroatoms. The predicted molar refractivity (Wildman–Crippen MR) is 78.2 cm³/mol. The van der Waals surface area contributed by atoms with Crippen LogP contribution < -0.4 is 5.32 Å². The molecule has 0 amide bonds. The molecule has 2 rings (SSSR count). The molecule has 0 atom stereocenters. The van der Waals surface area contributed by atoms with Crippen molar-refractivity contribution in [2.75, 3.05) is 5.32 Å². The fourth-order valence-electron chi connectivity index (χ4n) is 1.41. The molecule has 1 N–H and O–H groups in total. The average molecular weight is 361 g/mol. The SMILES string of the molecule is Cc1ccc(Br)cc1NCc1cc(Br)cs1. The van der Waals surface area contributed by atoms with Gasteiger partial charge in [-0.05, 0) is 46.6 Å². The molecule has 0 aliphatic heterocycles. The van der Waals surface area contributed by atoms with Crippen LogP contribution in [0.15, 0.2) is 38.6 Å². The zero-order valence-electron chi connectivity index (χ0n) is 8.76. The van der Waals surface area contributed by atoms with Crippen LogP contribution in [0, 0.1) is 6.92 Å². The zero-order chi connectivity index (χ0) is 11.5. The summed E-state index contributed by atoms with van der Waals surface area (Å²) in [6.07, 6.45) is 0. The second kappa shape index (κ2) is 5.34. The van der Waals surface area contributed by atoms with Gasteiger partial charge in [-0.15, -0.1) is 11.3 Å². The van der Waals surface area contributed by atoms with E-state index < -0.39 is 0 Å². The van der Waals surface area contributed by atoms with E-state index in [2.05, 4.69) is 73.7 Å². The number of aryl methyl sites for hydroxylation is 1. The molecular weight excluding hydrogens is 350 g/mol. The molecule has 0 bridgehead atoms. The Bertz CT molecular complexity index is 494. The second-order valence-corrected chi connectivity index (χ2v) is 6.37. The van der Waals surface area contributed by atoms with Crippen molar-refractivity contribution in [3.8, 4) is 0 Å². The summed E-state index contributed by atoms with van der Waals surface area (Å²) in [6.45, 7) is 2.98. The highest BCUT2D eigenvalue weighted by Crippen LogP contribution is 2.24. The van der Waals surface area contributed by atoms with Gasteiger partial charge in [0.05, 0.1) is 0 Å². The van der Waals surface area contributed by atoms with Crippen molar-refractivity contribution in [2.24, 2.45) is 0 Å². The molecule has 2 aromatic rings. The molecule has 1 heterocycles. The molecule has 16 heavy (non-hydrogen) atoms. The molecule has 0 fully saturated rings. The summed E-state index contributed by atoms with van der Waals surface area (Å²) in [5.74, 6) is 0. The number of nitrogens with one attached hydrogen (secondary N) is 1. The van der Waals surface area contributed by atoms with Crippen molar-refractivity contribution < 1.29 is 0 Å². The lowest BCUT2D eigenvalue weighted by atomic mass is 10.2. The van der Waals surface area contributed by atoms with Crippen molar-refractivity contribution in [3.05, 3.63) is 49.0 Å². The van der Waals surface area contributed by atoms with Crippen molar-refractivity contribution in [1.82, 2.24) is 0 Å². The molecule has 1 nitrogen and oxygen atoms in total. The maximum Gasteiger partial charge on any atom is 0.0494 e. The molecular formula is C12H11Br2NS. The third kappa shape index (κ3) is 3.09. The van der Waals surface area contributed by atoms with Crippen LogP contribution in [0.3, 0.4) is 0 Å². The van der Waals surface area contributed by atoms with E-state index in [4.69, 9.17) is 0 Å². The fraction of sp³-hybridized carbons (Fsp3) is 0.167. The Labute approximate surface area is 116 Å². The lowest BCUT2D eigenvalue weighted by molar-refractivity contribution is 1.18. The van der Waals surface area contributed by atoms with Crippen LogP contribution >= 0.6 is 43.2 Å². The highest BCUT2D eigenvalue weighted by atomic mass is 79.9. The third-order valence-corrected chi connectivity index (χ3v) is 4.47. The van der Waals surface area contributed by atoms with Crippen LogP contribution in [-0.2, 0) is 6.54 Å². The lowest BCUT2D eigenvalue weighted by Gasteiger charge is -2.08. The molecule has 0 aliphatic rings. The van der Waals surface area contributed by atoms with Crippen molar-refractivity contribution in [1.29, 1.82) is 0 Å². The van der Waals surface area contributed by atoms with E-state index in [1.165, 1.54) is 16.1 Å². The maximum absolute atomic E-state index is 3.48. The van der Waals surface area contributed by atoms with Crippen molar-refractivity contribution >= 4 is 48.9 Å². The van der Waals surface area contributed by atoms with Gasteiger partial charge in [0, 0.05) is 31.4 Å². The minimum Gasteiger partial charge on any atom is -0.380 e. The van der Waals surface area contributed by atoms with E-state index in [0.29, 0.717) is 0 Å². The standard InChI is InChI=1S/C12H11Br2NS/c1-8-2-3-9(13)5-12(8)15-6-11-4-10(14)7-16-11/h2-5,7,15H,6H2,1H3. The summed E-state index contributed by atoms with van der Waals surface area (Å²) in [5.41, 5.74) is 2.44. The van der Waals surface area contributed by atoms with Gasteiger partial charge in [0.1, 0.15) is 0 Å². The Kier molecular flexibility index (Phi) is 4.05. The number of halogens is 2. The average Bonchev–Trinajstić information content (AvgIpc) is 2.66. The smallest absolute Gasteiger partial charge is 0.0494 e. The molecule has 0 spiro atoms. The molecule has 0 saturated carbocycles. The highest BCUT2D eigenvalue weighted by molar-refractivity contribution is 9.10. The minimum absolute atomic E-state index is 0.869. The molecule has 0 saturated heterocycles. The monoisotopic (exact) mass is 359 g/mol. The summed E-state index contributed by atoms with van der Waals surface area (Å²) in [6, 6.07) is 8.42. The first kappa shape index (κ1) is 12.1. The first-order valence-corrected chi connectivity index (χ1v) is 7.34. The van der Waals surface area contributed by atoms with Crippen LogP contribution in [0.25, 0.3) is 0 Å². The summed E-state index contributed by atoms with van der Waals surface area (Å²) in [4.78, 5) is 1.33. The first-order valence-electron chi connectivity index (χ1n) is 4.88. The minimum atomic E-state index is 0.869. The molecule has 1 aromatic heterocycles. The number of thiophene rings is 1. The fourth-order valence-corrected chi connectivity index (χ4v) is 3.17. The first-order chi connectivity index (χ1) is 7.65. The van der Waals surface area contributed by atoms with E-state index in [9.17, 15) is 0 Å². The normalized spacial score (nSPS) is 10.4. The maximum atomic E-state index is 3.48. The van der Waals surface area contributed by atoms with Crippen LogP contribution in [0.4, 0.5) is 5.69 Å². The van der Waals surface area contributed by atoms with Crippen LogP contribution in [0.5, 0.6) is 0 Å². The lowest BCUT2D eigenvalue weighted by Crippen LogP contribution is -1.99. The van der Waals surface area contributed by atoms with Gasteiger partial charge < -0.3 is 5.32 Å². The van der Waals surface area contributed by atoms with E-state index in [1.807, 2.05) is 0 Å². The molecule has 84 valence electrons. The Balaban J connectivity index is 2.07. The topological polar surface area (TPSA) is 12.0 Å². The number of benzene rings is 1.